The van der Waals surface area contributed by atoms with Gasteiger partial charge in [0.25, 0.3) is 0 Å². The summed E-state index contributed by atoms with van der Waals surface area (Å²) in [6.07, 6.45) is 5.30. The molecule has 0 spiro atoms. The fourth-order valence-corrected chi connectivity index (χ4v) is 1.79. The van der Waals surface area contributed by atoms with Gasteiger partial charge < -0.3 is 10.1 Å². The Morgan fingerprint density at radius 3 is 2.57 bits per heavy atom. The average Bonchev–Trinajstić information content (AvgIpc) is 2.66. The monoisotopic (exact) mass is 199 g/mol. The molecule has 1 N–H and O–H groups in total. The molecule has 0 atom stereocenters. The van der Waals surface area contributed by atoms with Crippen molar-refractivity contribution >= 4 is 11.9 Å². The van der Waals surface area contributed by atoms with Crippen LogP contribution in [0.3, 0.4) is 0 Å². The van der Waals surface area contributed by atoms with E-state index in [1.54, 1.807) is 0 Å². The summed E-state index contributed by atoms with van der Waals surface area (Å²) in [6.45, 7) is -0.0119. The van der Waals surface area contributed by atoms with E-state index in [0.717, 1.165) is 12.8 Å². The predicted octanol–water partition coefficient (Wildman–Crippen LogP) is 0.856. The van der Waals surface area contributed by atoms with Gasteiger partial charge in [-0.25, -0.2) is 0 Å². The zero-order valence-electron chi connectivity index (χ0n) is 8.54. The Bertz CT molecular complexity index is 209. The van der Waals surface area contributed by atoms with Gasteiger partial charge in [0, 0.05) is 6.42 Å². The number of hydrogen-bond acceptors (Lipinski definition) is 3. The minimum atomic E-state index is -0.398. The van der Waals surface area contributed by atoms with Gasteiger partial charge in [-0.05, 0) is 18.8 Å². The SMILES string of the molecule is COC(=O)CNC(=O)CC1CCCC1. The lowest BCUT2D eigenvalue weighted by atomic mass is 10.0. The van der Waals surface area contributed by atoms with Crippen LogP contribution in [0.1, 0.15) is 32.1 Å². The van der Waals surface area contributed by atoms with E-state index in [-0.39, 0.29) is 12.5 Å². The molecule has 1 fully saturated rings. The minimum absolute atomic E-state index is 0.0119. The Morgan fingerprint density at radius 2 is 2.00 bits per heavy atom. The highest BCUT2D eigenvalue weighted by atomic mass is 16.5. The molecule has 1 aliphatic carbocycles. The standard InChI is InChI=1S/C10H17NO3/c1-14-10(13)7-11-9(12)6-8-4-2-3-5-8/h8H,2-7H2,1H3,(H,11,12). The first-order chi connectivity index (χ1) is 6.72. The van der Waals surface area contributed by atoms with Gasteiger partial charge in [0.05, 0.1) is 7.11 Å². The first kappa shape index (κ1) is 11.0. The molecule has 1 amide bonds. The molecule has 0 saturated heterocycles. The van der Waals surface area contributed by atoms with Gasteiger partial charge in [0.2, 0.25) is 5.91 Å². The summed E-state index contributed by atoms with van der Waals surface area (Å²) < 4.78 is 4.42. The second-order valence-corrected chi connectivity index (χ2v) is 3.71. The van der Waals surface area contributed by atoms with E-state index in [2.05, 4.69) is 10.1 Å². The highest BCUT2D eigenvalue weighted by Crippen LogP contribution is 2.27. The third-order valence-corrected chi connectivity index (χ3v) is 2.61. The molecular formula is C10H17NO3. The molecule has 14 heavy (non-hydrogen) atoms. The largest absolute Gasteiger partial charge is 0.468 e. The van der Waals surface area contributed by atoms with Crippen molar-refractivity contribution in [3.8, 4) is 0 Å². The van der Waals surface area contributed by atoms with Crippen molar-refractivity contribution in [1.29, 1.82) is 0 Å². The van der Waals surface area contributed by atoms with Crippen LogP contribution < -0.4 is 5.32 Å². The van der Waals surface area contributed by atoms with E-state index < -0.39 is 5.97 Å². The molecule has 1 saturated carbocycles. The van der Waals surface area contributed by atoms with Gasteiger partial charge in [-0.2, -0.15) is 0 Å². The lowest BCUT2D eigenvalue weighted by Gasteiger charge is -2.08. The molecule has 0 aliphatic heterocycles. The van der Waals surface area contributed by atoms with Crippen molar-refractivity contribution in [1.82, 2.24) is 5.32 Å². The highest BCUT2D eigenvalue weighted by Gasteiger charge is 2.18. The van der Waals surface area contributed by atoms with Crippen LogP contribution in [-0.4, -0.2) is 25.5 Å². The first-order valence-corrected chi connectivity index (χ1v) is 5.06. The normalized spacial score (nSPS) is 16.6. The Hall–Kier alpha value is -1.06. The fourth-order valence-electron chi connectivity index (χ4n) is 1.79. The summed E-state index contributed by atoms with van der Waals surface area (Å²) in [5.41, 5.74) is 0. The van der Waals surface area contributed by atoms with Crippen LogP contribution in [0.4, 0.5) is 0 Å². The van der Waals surface area contributed by atoms with Gasteiger partial charge in [0.1, 0.15) is 6.54 Å². The molecule has 1 rings (SSSR count). The maximum Gasteiger partial charge on any atom is 0.325 e. The molecule has 0 bridgehead atoms. The molecule has 80 valence electrons. The summed E-state index contributed by atoms with van der Waals surface area (Å²) in [5, 5.41) is 2.55. The van der Waals surface area contributed by atoms with E-state index in [1.807, 2.05) is 0 Å². The van der Waals surface area contributed by atoms with Gasteiger partial charge in [-0.3, -0.25) is 9.59 Å². The molecule has 1 aliphatic rings. The predicted molar refractivity (Wildman–Crippen MR) is 51.6 cm³/mol. The number of carbonyl (C=O) groups excluding carboxylic acids is 2. The van der Waals surface area contributed by atoms with Crippen molar-refractivity contribution in [3.05, 3.63) is 0 Å². The maximum absolute atomic E-state index is 11.3. The molecule has 0 heterocycles. The second-order valence-electron chi connectivity index (χ2n) is 3.71. The molecule has 4 heteroatoms. The van der Waals surface area contributed by atoms with E-state index in [4.69, 9.17) is 0 Å². The van der Waals surface area contributed by atoms with Crippen LogP contribution in [0.25, 0.3) is 0 Å². The Balaban J connectivity index is 2.12. The third-order valence-electron chi connectivity index (χ3n) is 2.61. The number of esters is 1. The van der Waals surface area contributed by atoms with E-state index >= 15 is 0 Å². The van der Waals surface area contributed by atoms with Crippen LogP contribution in [0.15, 0.2) is 0 Å². The third kappa shape index (κ3) is 3.77. The molecule has 0 aromatic heterocycles. The minimum Gasteiger partial charge on any atom is -0.468 e. The highest BCUT2D eigenvalue weighted by molar-refractivity contribution is 5.81. The second kappa shape index (κ2) is 5.62. The number of ether oxygens (including phenoxy) is 1. The number of rotatable bonds is 4. The van der Waals surface area contributed by atoms with E-state index in [1.165, 1.54) is 20.0 Å². The van der Waals surface area contributed by atoms with E-state index in [0.29, 0.717) is 12.3 Å². The van der Waals surface area contributed by atoms with Crippen molar-refractivity contribution in [3.63, 3.8) is 0 Å². The molecule has 0 aromatic carbocycles. The Morgan fingerprint density at radius 1 is 1.36 bits per heavy atom. The number of hydrogen-bond donors (Lipinski definition) is 1. The molecule has 0 aromatic rings. The zero-order valence-corrected chi connectivity index (χ0v) is 8.54. The first-order valence-electron chi connectivity index (χ1n) is 5.06. The summed E-state index contributed by atoms with van der Waals surface area (Å²) in [6, 6.07) is 0. The van der Waals surface area contributed by atoms with Crippen molar-refractivity contribution < 1.29 is 14.3 Å². The molecule has 0 radical (unpaired) electrons. The topological polar surface area (TPSA) is 55.4 Å². The van der Waals surface area contributed by atoms with Crippen molar-refractivity contribution in [2.24, 2.45) is 5.92 Å². The number of methoxy groups -OCH3 is 1. The van der Waals surface area contributed by atoms with Crippen LogP contribution >= 0.6 is 0 Å². The summed E-state index contributed by atoms with van der Waals surface area (Å²) >= 11 is 0. The lowest BCUT2D eigenvalue weighted by Crippen LogP contribution is -2.31. The van der Waals surface area contributed by atoms with Gasteiger partial charge in [-0.15, -0.1) is 0 Å². The summed E-state index contributed by atoms with van der Waals surface area (Å²) in [5.74, 6) is 0.0831. The summed E-state index contributed by atoms with van der Waals surface area (Å²) in [4.78, 5) is 22.0. The maximum atomic E-state index is 11.3. The number of carbonyl (C=O) groups is 2. The van der Waals surface area contributed by atoms with Crippen LogP contribution in [0.2, 0.25) is 0 Å². The van der Waals surface area contributed by atoms with Crippen LogP contribution in [0.5, 0.6) is 0 Å². The number of nitrogens with one attached hydrogen (secondary N) is 1. The molecular weight excluding hydrogens is 182 g/mol. The van der Waals surface area contributed by atoms with Gasteiger partial charge in [-0.1, -0.05) is 12.8 Å². The van der Waals surface area contributed by atoms with Gasteiger partial charge >= 0.3 is 5.97 Å². The van der Waals surface area contributed by atoms with Crippen LogP contribution in [0, 0.1) is 5.92 Å². The fraction of sp³-hybridized carbons (Fsp3) is 0.800. The van der Waals surface area contributed by atoms with Crippen LogP contribution in [-0.2, 0) is 14.3 Å². The smallest absolute Gasteiger partial charge is 0.325 e. The van der Waals surface area contributed by atoms with Crippen molar-refractivity contribution in [2.75, 3.05) is 13.7 Å². The summed E-state index contributed by atoms with van der Waals surface area (Å²) in [7, 11) is 1.31. The molecule has 0 unspecified atom stereocenters. The Kier molecular flexibility index (Phi) is 4.43. The van der Waals surface area contributed by atoms with Crippen molar-refractivity contribution in [2.45, 2.75) is 32.1 Å². The average molecular weight is 199 g/mol. The Labute approximate surface area is 84.0 Å². The van der Waals surface area contributed by atoms with E-state index in [9.17, 15) is 9.59 Å². The van der Waals surface area contributed by atoms with Gasteiger partial charge in [0.15, 0.2) is 0 Å². The zero-order chi connectivity index (χ0) is 10.4. The molecule has 4 nitrogen and oxygen atoms in total. The number of amides is 1. The quantitative estimate of drug-likeness (QED) is 0.683. The lowest BCUT2D eigenvalue weighted by molar-refractivity contribution is -0.141.